The van der Waals surface area contributed by atoms with Gasteiger partial charge in [0.05, 0.1) is 38.0 Å². The number of esters is 1. The molecule has 1 atom stereocenters. The SMILES string of the molecule is CCOC(=O)c1ccc(N2C(=O)C(=O)/C(=C(/O)c3cc(C(C)C)c(OC)cc3C)C2c2ccc(OC)cc2)cc1. The maximum absolute atomic E-state index is 13.6. The molecule has 0 spiro atoms. The number of methoxy groups -OCH3 is 2. The summed E-state index contributed by atoms with van der Waals surface area (Å²) >= 11 is 0. The first-order valence-electron chi connectivity index (χ1n) is 13.0. The van der Waals surface area contributed by atoms with Crippen molar-refractivity contribution in [3.05, 3.63) is 94.1 Å². The van der Waals surface area contributed by atoms with Gasteiger partial charge in [-0.2, -0.15) is 0 Å². The summed E-state index contributed by atoms with van der Waals surface area (Å²) in [6, 6.07) is 15.9. The van der Waals surface area contributed by atoms with Crippen LogP contribution in [0.1, 0.15) is 65.3 Å². The summed E-state index contributed by atoms with van der Waals surface area (Å²) in [6.07, 6.45) is 0. The zero-order chi connectivity index (χ0) is 29.1. The minimum absolute atomic E-state index is 0.0346. The molecule has 3 aromatic rings. The van der Waals surface area contributed by atoms with Crippen LogP contribution in [0.4, 0.5) is 5.69 Å². The summed E-state index contributed by atoms with van der Waals surface area (Å²) in [6.45, 7) is 7.78. The Balaban J connectivity index is 1.92. The van der Waals surface area contributed by atoms with Gasteiger partial charge in [-0.05, 0) is 85.0 Å². The summed E-state index contributed by atoms with van der Waals surface area (Å²) in [5.41, 5.74) is 3.27. The van der Waals surface area contributed by atoms with E-state index in [2.05, 4.69) is 0 Å². The molecule has 40 heavy (non-hydrogen) atoms. The Morgan fingerprint density at radius 3 is 2.17 bits per heavy atom. The predicted octanol–water partition coefficient (Wildman–Crippen LogP) is 5.94. The third-order valence-corrected chi connectivity index (χ3v) is 6.99. The van der Waals surface area contributed by atoms with Crippen molar-refractivity contribution in [2.75, 3.05) is 25.7 Å². The minimum Gasteiger partial charge on any atom is -0.507 e. The van der Waals surface area contributed by atoms with E-state index in [9.17, 15) is 19.5 Å². The van der Waals surface area contributed by atoms with Crippen molar-refractivity contribution < 1.29 is 33.7 Å². The molecule has 0 saturated carbocycles. The Hall–Kier alpha value is -4.59. The fourth-order valence-electron chi connectivity index (χ4n) is 4.90. The second-order valence-corrected chi connectivity index (χ2v) is 9.77. The number of aliphatic hydroxyl groups is 1. The van der Waals surface area contributed by atoms with Crippen molar-refractivity contribution >= 4 is 29.1 Å². The number of Topliss-reactive ketones (excluding diaryl/α,β-unsaturated/α-hetero) is 1. The summed E-state index contributed by atoms with van der Waals surface area (Å²) in [4.78, 5) is 40.6. The number of rotatable bonds is 8. The van der Waals surface area contributed by atoms with Crippen molar-refractivity contribution in [2.45, 2.75) is 39.7 Å². The van der Waals surface area contributed by atoms with Crippen molar-refractivity contribution in [3.63, 3.8) is 0 Å². The zero-order valence-electron chi connectivity index (χ0n) is 23.5. The standard InChI is InChI=1S/C32H33NO7/c1-7-40-32(37)21-8-12-22(13-9-21)33-28(20-10-14-23(38-5)15-11-20)27(30(35)31(33)36)29(34)25-17-24(18(2)3)26(39-6)16-19(25)4/h8-18,28,34H,7H2,1-6H3/b29-27+. The van der Waals surface area contributed by atoms with Crippen LogP contribution < -0.4 is 14.4 Å². The molecule has 1 aliphatic rings. The van der Waals surface area contributed by atoms with Crippen LogP contribution in [0.5, 0.6) is 11.5 Å². The Bertz CT molecular complexity index is 1470. The number of ether oxygens (including phenoxy) is 3. The molecule has 1 heterocycles. The molecule has 1 aliphatic heterocycles. The lowest BCUT2D eigenvalue weighted by molar-refractivity contribution is -0.132. The molecule has 0 aliphatic carbocycles. The van der Waals surface area contributed by atoms with Gasteiger partial charge in [0.2, 0.25) is 0 Å². The number of ketones is 1. The van der Waals surface area contributed by atoms with Gasteiger partial charge in [0.15, 0.2) is 0 Å². The molecule has 1 fully saturated rings. The third-order valence-electron chi connectivity index (χ3n) is 6.99. The van der Waals surface area contributed by atoms with E-state index in [-0.39, 0.29) is 23.9 Å². The molecular weight excluding hydrogens is 510 g/mol. The smallest absolute Gasteiger partial charge is 0.338 e. The molecule has 1 amide bonds. The van der Waals surface area contributed by atoms with Gasteiger partial charge in [-0.1, -0.05) is 26.0 Å². The third kappa shape index (κ3) is 5.17. The Kier molecular flexibility index (Phi) is 8.28. The largest absolute Gasteiger partial charge is 0.507 e. The van der Waals surface area contributed by atoms with Crippen LogP contribution in [0.25, 0.3) is 5.76 Å². The molecule has 3 aromatic carbocycles. The number of aliphatic hydroxyl groups excluding tert-OH is 1. The molecular formula is C32H33NO7. The lowest BCUT2D eigenvalue weighted by atomic mass is 9.91. The van der Waals surface area contributed by atoms with Gasteiger partial charge in [-0.3, -0.25) is 14.5 Å². The molecule has 1 unspecified atom stereocenters. The van der Waals surface area contributed by atoms with E-state index >= 15 is 0 Å². The molecule has 1 N–H and O–H groups in total. The monoisotopic (exact) mass is 543 g/mol. The average molecular weight is 544 g/mol. The number of carbonyl (C=O) groups is 3. The molecule has 8 nitrogen and oxygen atoms in total. The zero-order valence-corrected chi connectivity index (χ0v) is 23.5. The maximum Gasteiger partial charge on any atom is 0.338 e. The lowest BCUT2D eigenvalue weighted by Gasteiger charge is -2.26. The number of carbonyl (C=O) groups excluding carboxylic acids is 3. The Morgan fingerprint density at radius 1 is 0.975 bits per heavy atom. The maximum atomic E-state index is 13.6. The molecule has 0 bridgehead atoms. The summed E-state index contributed by atoms with van der Waals surface area (Å²) in [5, 5.41) is 11.7. The van der Waals surface area contributed by atoms with Crippen molar-refractivity contribution in [1.29, 1.82) is 0 Å². The minimum atomic E-state index is -0.927. The Morgan fingerprint density at radius 2 is 1.62 bits per heavy atom. The van der Waals surface area contributed by atoms with E-state index in [1.165, 1.54) is 4.90 Å². The second-order valence-electron chi connectivity index (χ2n) is 9.77. The Labute approximate surface area is 233 Å². The van der Waals surface area contributed by atoms with Gasteiger partial charge < -0.3 is 19.3 Å². The van der Waals surface area contributed by atoms with E-state index in [0.29, 0.717) is 39.4 Å². The van der Waals surface area contributed by atoms with Crippen molar-refractivity contribution in [1.82, 2.24) is 0 Å². The van der Waals surface area contributed by atoms with E-state index in [1.54, 1.807) is 75.7 Å². The number of hydrogen-bond acceptors (Lipinski definition) is 7. The average Bonchev–Trinajstić information content (AvgIpc) is 3.22. The molecule has 208 valence electrons. The number of benzene rings is 3. The van der Waals surface area contributed by atoms with Crippen LogP contribution >= 0.6 is 0 Å². The number of amides is 1. The van der Waals surface area contributed by atoms with Gasteiger partial charge in [0.1, 0.15) is 17.3 Å². The molecule has 0 radical (unpaired) electrons. The highest BCUT2D eigenvalue weighted by Crippen LogP contribution is 2.43. The van der Waals surface area contributed by atoms with Crippen LogP contribution in [-0.2, 0) is 14.3 Å². The summed E-state index contributed by atoms with van der Waals surface area (Å²) in [7, 11) is 3.13. The predicted molar refractivity (Wildman–Crippen MR) is 152 cm³/mol. The fraction of sp³-hybridized carbons (Fsp3) is 0.281. The van der Waals surface area contributed by atoms with E-state index < -0.39 is 23.7 Å². The molecule has 8 heteroatoms. The van der Waals surface area contributed by atoms with Crippen LogP contribution in [0, 0.1) is 6.92 Å². The normalized spacial score (nSPS) is 16.4. The fourth-order valence-corrected chi connectivity index (χ4v) is 4.90. The van der Waals surface area contributed by atoms with Gasteiger partial charge in [0, 0.05) is 11.3 Å². The lowest BCUT2D eigenvalue weighted by Crippen LogP contribution is -2.29. The van der Waals surface area contributed by atoms with Gasteiger partial charge in [-0.15, -0.1) is 0 Å². The number of aryl methyl sites for hydroxylation is 1. The van der Waals surface area contributed by atoms with Crippen LogP contribution in [0.15, 0.2) is 66.2 Å². The quantitative estimate of drug-likeness (QED) is 0.162. The highest BCUT2D eigenvalue weighted by atomic mass is 16.5. The highest BCUT2D eigenvalue weighted by molar-refractivity contribution is 6.51. The van der Waals surface area contributed by atoms with E-state index in [4.69, 9.17) is 14.2 Å². The van der Waals surface area contributed by atoms with E-state index in [0.717, 1.165) is 5.56 Å². The molecule has 1 saturated heterocycles. The first kappa shape index (κ1) is 28.4. The van der Waals surface area contributed by atoms with Crippen LogP contribution in [0.2, 0.25) is 0 Å². The van der Waals surface area contributed by atoms with Gasteiger partial charge in [-0.25, -0.2) is 4.79 Å². The number of anilines is 1. The van der Waals surface area contributed by atoms with Gasteiger partial charge >= 0.3 is 5.97 Å². The number of hydrogen-bond donors (Lipinski definition) is 1. The van der Waals surface area contributed by atoms with Crippen molar-refractivity contribution in [2.24, 2.45) is 0 Å². The van der Waals surface area contributed by atoms with Crippen LogP contribution in [0.3, 0.4) is 0 Å². The first-order chi connectivity index (χ1) is 19.1. The van der Waals surface area contributed by atoms with Crippen molar-refractivity contribution in [3.8, 4) is 11.5 Å². The topological polar surface area (TPSA) is 102 Å². The molecule has 4 rings (SSSR count). The highest BCUT2D eigenvalue weighted by Gasteiger charge is 2.47. The number of nitrogens with zero attached hydrogens (tertiary/aromatic N) is 1. The second kappa shape index (κ2) is 11.7. The summed E-state index contributed by atoms with van der Waals surface area (Å²) in [5.74, 6) is -0.994. The molecule has 0 aromatic heterocycles. The first-order valence-corrected chi connectivity index (χ1v) is 13.0. The van der Waals surface area contributed by atoms with Crippen LogP contribution in [-0.4, -0.2) is 43.6 Å². The van der Waals surface area contributed by atoms with E-state index in [1.807, 2.05) is 26.8 Å². The van der Waals surface area contributed by atoms with Gasteiger partial charge in [0.25, 0.3) is 11.7 Å². The summed E-state index contributed by atoms with van der Waals surface area (Å²) < 4.78 is 15.9.